The monoisotopic (exact) mass is 266 g/mol. The van der Waals surface area contributed by atoms with Crippen molar-refractivity contribution in [1.29, 1.82) is 0 Å². The molecule has 1 aromatic rings. The lowest BCUT2D eigenvalue weighted by molar-refractivity contribution is 0.0117. The fourth-order valence-corrected chi connectivity index (χ4v) is 2.35. The minimum absolute atomic E-state index is 0.0462. The Morgan fingerprint density at radius 2 is 2.05 bits per heavy atom. The highest BCUT2D eigenvalue weighted by Crippen LogP contribution is 2.33. The summed E-state index contributed by atoms with van der Waals surface area (Å²) in [6.07, 6.45) is -0.0462. The van der Waals surface area contributed by atoms with Crippen LogP contribution in [0.1, 0.15) is 17.2 Å². The molecule has 3 N–H and O–H groups in total. The number of hydrogen-bond acceptors (Lipinski definition) is 5. The molecule has 0 aromatic heterocycles. The molecule has 0 amide bonds. The Balaban J connectivity index is 2.30. The quantitative estimate of drug-likeness (QED) is 0.851. The predicted molar refractivity (Wildman–Crippen MR) is 73.8 cm³/mol. The summed E-state index contributed by atoms with van der Waals surface area (Å²) in [6.45, 7) is 4.29. The third-order valence-corrected chi connectivity index (χ3v) is 3.46. The summed E-state index contributed by atoms with van der Waals surface area (Å²) in [7, 11) is 3.31. The van der Waals surface area contributed by atoms with Crippen LogP contribution in [-0.2, 0) is 4.74 Å². The van der Waals surface area contributed by atoms with E-state index in [1.165, 1.54) is 0 Å². The van der Waals surface area contributed by atoms with Crippen LogP contribution in [0, 0.1) is 6.92 Å². The fraction of sp³-hybridized carbons (Fsp3) is 0.571. The molecule has 1 aliphatic heterocycles. The highest BCUT2D eigenvalue weighted by atomic mass is 16.5. The Labute approximate surface area is 114 Å². The van der Waals surface area contributed by atoms with Gasteiger partial charge in [-0.25, -0.2) is 0 Å². The Hall–Kier alpha value is -1.30. The van der Waals surface area contributed by atoms with E-state index in [-0.39, 0.29) is 12.1 Å². The second-order valence-corrected chi connectivity index (χ2v) is 4.70. The lowest BCUT2D eigenvalue weighted by atomic mass is 9.98. The number of rotatable bonds is 4. The molecule has 2 atom stereocenters. The zero-order valence-electron chi connectivity index (χ0n) is 11.7. The van der Waals surface area contributed by atoms with Gasteiger partial charge in [0, 0.05) is 18.7 Å². The summed E-state index contributed by atoms with van der Waals surface area (Å²) in [5.41, 5.74) is 8.26. The van der Waals surface area contributed by atoms with Crippen LogP contribution in [-0.4, -0.2) is 40.0 Å². The van der Waals surface area contributed by atoms with Crippen molar-refractivity contribution in [1.82, 2.24) is 5.32 Å². The van der Waals surface area contributed by atoms with Gasteiger partial charge in [0.2, 0.25) is 0 Å². The van der Waals surface area contributed by atoms with Crippen molar-refractivity contribution >= 4 is 0 Å². The maximum atomic E-state index is 6.32. The van der Waals surface area contributed by atoms with E-state index in [0.29, 0.717) is 6.61 Å². The van der Waals surface area contributed by atoms with Crippen molar-refractivity contribution in [3.8, 4) is 11.5 Å². The second-order valence-electron chi connectivity index (χ2n) is 4.70. The number of ether oxygens (including phenoxy) is 3. The number of nitrogens with two attached hydrogens (primary N) is 1. The van der Waals surface area contributed by atoms with Gasteiger partial charge in [-0.05, 0) is 24.6 Å². The molecule has 0 spiro atoms. The molecule has 1 heterocycles. The van der Waals surface area contributed by atoms with Gasteiger partial charge in [-0.2, -0.15) is 0 Å². The maximum Gasteiger partial charge on any atom is 0.124 e. The molecule has 1 aromatic carbocycles. The van der Waals surface area contributed by atoms with Crippen LogP contribution in [0.5, 0.6) is 11.5 Å². The first kappa shape index (κ1) is 14.1. The first-order chi connectivity index (χ1) is 9.17. The number of nitrogens with one attached hydrogen (secondary N) is 1. The molecule has 2 unspecified atom stereocenters. The number of benzene rings is 1. The molecule has 5 heteroatoms. The molecule has 106 valence electrons. The van der Waals surface area contributed by atoms with Gasteiger partial charge < -0.3 is 25.3 Å². The SMILES string of the molecule is COc1cc(C(N)C2CNCCO2)c(OC)cc1C. The summed E-state index contributed by atoms with van der Waals surface area (Å²) in [4.78, 5) is 0. The number of methoxy groups -OCH3 is 2. The van der Waals surface area contributed by atoms with Crippen LogP contribution >= 0.6 is 0 Å². The summed E-state index contributed by atoms with van der Waals surface area (Å²) in [5.74, 6) is 1.59. The molecule has 19 heavy (non-hydrogen) atoms. The predicted octanol–water partition coefficient (Wildman–Crippen LogP) is 1.00. The van der Waals surface area contributed by atoms with E-state index < -0.39 is 0 Å². The van der Waals surface area contributed by atoms with E-state index in [1.54, 1.807) is 14.2 Å². The lowest BCUT2D eigenvalue weighted by Crippen LogP contribution is -2.44. The number of morpholine rings is 1. The first-order valence-electron chi connectivity index (χ1n) is 6.47. The molecule has 1 saturated heterocycles. The van der Waals surface area contributed by atoms with E-state index in [2.05, 4.69) is 5.32 Å². The highest BCUT2D eigenvalue weighted by molar-refractivity contribution is 5.47. The largest absolute Gasteiger partial charge is 0.496 e. The van der Waals surface area contributed by atoms with Crippen LogP contribution < -0.4 is 20.5 Å². The number of aryl methyl sites for hydroxylation is 1. The second kappa shape index (κ2) is 6.23. The fourth-order valence-electron chi connectivity index (χ4n) is 2.35. The minimum atomic E-state index is -0.239. The van der Waals surface area contributed by atoms with E-state index >= 15 is 0 Å². The molecule has 0 radical (unpaired) electrons. The molecule has 1 aliphatic rings. The normalized spacial score (nSPS) is 20.9. The van der Waals surface area contributed by atoms with Crippen molar-refractivity contribution in [2.75, 3.05) is 33.9 Å². The van der Waals surface area contributed by atoms with Crippen molar-refractivity contribution in [2.24, 2.45) is 5.73 Å². The third kappa shape index (κ3) is 3.00. The van der Waals surface area contributed by atoms with Crippen molar-refractivity contribution in [3.05, 3.63) is 23.3 Å². The molecule has 5 nitrogen and oxygen atoms in total. The summed E-state index contributed by atoms with van der Waals surface area (Å²) >= 11 is 0. The van der Waals surface area contributed by atoms with Gasteiger partial charge in [0.15, 0.2) is 0 Å². The van der Waals surface area contributed by atoms with Gasteiger partial charge in [-0.3, -0.25) is 0 Å². The van der Waals surface area contributed by atoms with Gasteiger partial charge >= 0.3 is 0 Å². The maximum absolute atomic E-state index is 6.32. The topological polar surface area (TPSA) is 65.7 Å². The number of hydrogen-bond donors (Lipinski definition) is 2. The Morgan fingerprint density at radius 1 is 1.32 bits per heavy atom. The summed E-state index contributed by atoms with van der Waals surface area (Å²) in [5, 5.41) is 3.29. The van der Waals surface area contributed by atoms with Crippen molar-refractivity contribution in [3.63, 3.8) is 0 Å². The molecule has 0 bridgehead atoms. The molecular weight excluding hydrogens is 244 g/mol. The zero-order chi connectivity index (χ0) is 13.8. The standard InChI is InChI=1S/C14H22N2O3/c1-9-6-12(18-3)10(7-11(9)17-2)14(15)13-8-16-4-5-19-13/h6-7,13-14,16H,4-5,8,15H2,1-3H3. The molecule has 0 aliphatic carbocycles. The summed E-state index contributed by atoms with van der Waals surface area (Å²) < 4.78 is 16.5. The highest BCUT2D eigenvalue weighted by Gasteiger charge is 2.26. The van der Waals surface area contributed by atoms with Gasteiger partial charge in [-0.1, -0.05) is 0 Å². The Morgan fingerprint density at radius 3 is 2.63 bits per heavy atom. The van der Waals surface area contributed by atoms with Gasteiger partial charge in [0.25, 0.3) is 0 Å². The van der Waals surface area contributed by atoms with Crippen molar-refractivity contribution < 1.29 is 14.2 Å². The first-order valence-corrected chi connectivity index (χ1v) is 6.47. The van der Waals surface area contributed by atoms with Crippen LogP contribution in [0.15, 0.2) is 12.1 Å². The third-order valence-electron chi connectivity index (χ3n) is 3.46. The molecule has 0 saturated carbocycles. The van der Waals surface area contributed by atoms with Gasteiger partial charge in [0.1, 0.15) is 11.5 Å². The molecule has 1 fully saturated rings. The molecule has 2 rings (SSSR count). The van der Waals surface area contributed by atoms with Crippen LogP contribution in [0.2, 0.25) is 0 Å². The van der Waals surface area contributed by atoms with E-state index in [0.717, 1.165) is 35.7 Å². The van der Waals surface area contributed by atoms with E-state index in [9.17, 15) is 0 Å². The van der Waals surface area contributed by atoms with Crippen molar-refractivity contribution in [2.45, 2.75) is 19.1 Å². The average Bonchev–Trinajstić information content (AvgIpc) is 2.47. The molecular formula is C14H22N2O3. The minimum Gasteiger partial charge on any atom is -0.496 e. The van der Waals surface area contributed by atoms with Crippen LogP contribution in [0.25, 0.3) is 0 Å². The Bertz CT molecular complexity index is 431. The Kier molecular flexibility index (Phi) is 4.63. The average molecular weight is 266 g/mol. The van der Waals surface area contributed by atoms with Gasteiger partial charge in [-0.15, -0.1) is 0 Å². The van der Waals surface area contributed by atoms with E-state index in [1.807, 2.05) is 19.1 Å². The lowest BCUT2D eigenvalue weighted by Gasteiger charge is -2.30. The van der Waals surface area contributed by atoms with E-state index in [4.69, 9.17) is 19.9 Å². The summed E-state index contributed by atoms with van der Waals surface area (Å²) in [6, 6.07) is 3.65. The zero-order valence-corrected chi connectivity index (χ0v) is 11.7. The van der Waals surface area contributed by atoms with Crippen LogP contribution in [0.3, 0.4) is 0 Å². The van der Waals surface area contributed by atoms with Gasteiger partial charge in [0.05, 0.1) is 33.0 Å². The smallest absolute Gasteiger partial charge is 0.124 e. The van der Waals surface area contributed by atoms with Crippen LogP contribution in [0.4, 0.5) is 0 Å².